The van der Waals surface area contributed by atoms with Crippen LogP contribution in [0.4, 0.5) is 0 Å². The van der Waals surface area contributed by atoms with Crippen molar-refractivity contribution in [2.45, 2.75) is 26.7 Å². The fourth-order valence-electron chi connectivity index (χ4n) is 1.38. The third-order valence-electron chi connectivity index (χ3n) is 2.45. The lowest BCUT2D eigenvalue weighted by molar-refractivity contribution is -0.134. The molecule has 74 valence electrons. The summed E-state index contributed by atoms with van der Waals surface area (Å²) < 4.78 is 1.13. The molecule has 0 N–H and O–H groups in total. The summed E-state index contributed by atoms with van der Waals surface area (Å²) in [5, 5.41) is 0. The number of amides is 1. The second-order valence-electron chi connectivity index (χ2n) is 3.51. The largest absolute Gasteiger partial charge is 0.337 e. The molecular weight excluding hydrogens is 230 g/mol. The van der Waals surface area contributed by atoms with Crippen LogP contribution >= 0.6 is 15.9 Å². The molecule has 0 radical (unpaired) electrons. The zero-order chi connectivity index (χ0) is 9.84. The molecule has 1 amide bonds. The van der Waals surface area contributed by atoms with E-state index in [1.807, 2.05) is 11.8 Å². The molecule has 3 heteroatoms. The van der Waals surface area contributed by atoms with Gasteiger partial charge in [0.15, 0.2) is 0 Å². The summed E-state index contributed by atoms with van der Waals surface area (Å²) in [6.45, 7) is 5.67. The van der Waals surface area contributed by atoms with Gasteiger partial charge in [-0.1, -0.05) is 35.9 Å². The molecule has 1 heterocycles. The van der Waals surface area contributed by atoms with Gasteiger partial charge in [0.2, 0.25) is 5.91 Å². The summed E-state index contributed by atoms with van der Waals surface area (Å²) in [4.78, 5) is 13.7. The van der Waals surface area contributed by atoms with Gasteiger partial charge in [0.25, 0.3) is 0 Å². The first-order valence-electron chi connectivity index (χ1n) is 4.78. The van der Waals surface area contributed by atoms with Gasteiger partial charge in [-0.15, -0.1) is 0 Å². The summed E-state index contributed by atoms with van der Waals surface area (Å²) in [5.74, 6) is 0.450. The molecule has 0 aromatic carbocycles. The third kappa shape index (κ3) is 2.83. The highest BCUT2D eigenvalue weighted by Crippen LogP contribution is 2.17. The van der Waals surface area contributed by atoms with Gasteiger partial charge in [0, 0.05) is 16.9 Å². The maximum Gasteiger partial charge on any atom is 0.225 e. The molecule has 0 aromatic heterocycles. The zero-order valence-electron chi connectivity index (χ0n) is 8.22. The monoisotopic (exact) mass is 245 g/mol. The predicted octanol–water partition coefficient (Wildman–Crippen LogP) is 2.54. The minimum Gasteiger partial charge on any atom is -0.337 e. The number of halogens is 1. The first kappa shape index (κ1) is 10.8. The standard InChI is InChI=1S/C10H16BrNO/c1-3-8(2)10(13)12-6-4-5-9(11)7-12/h5,8H,3-4,6-7H2,1-2H3. The minimum atomic E-state index is 0.165. The topological polar surface area (TPSA) is 20.3 Å². The normalized spacial score (nSPS) is 19.6. The molecule has 0 saturated carbocycles. The number of nitrogens with zero attached hydrogens (tertiary/aromatic N) is 1. The van der Waals surface area contributed by atoms with E-state index in [9.17, 15) is 4.79 Å². The average molecular weight is 246 g/mol. The van der Waals surface area contributed by atoms with Crippen molar-refractivity contribution in [2.75, 3.05) is 13.1 Å². The molecule has 0 saturated heterocycles. The molecule has 2 nitrogen and oxygen atoms in total. The Balaban J connectivity index is 2.53. The van der Waals surface area contributed by atoms with Crippen molar-refractivity contribution in [1.82, 2.24) is 4.90 Å². The Labute approximate surface area is 88.1 Å². The Hall–Kier alpha value is -0.310. The van der Waals surface area contributed by atoms with E-state index in [4.69, 9.17) is 0 Å². The summed E-state index contributed by atoms with van der Waals surface area (Å²) in [7, 11) is 0. The van der Waals surface area contributed by atoms with Crippen LogP contribution in [0.1, 0.15) is 26.7 Å². The Kier molecular flexibility index (Phi) is 3.97. The van der Waals surface area contributed by atoms with Crippen molar-refractivity contribution in [1.29, 1.82) is 0 Å². The van der Waals surface area contributed by atoms with Crippen molar-refractivity contribution in [2.24, 2.45) is 5.92 Å². The highest BCUT2D eigenvalue weighted by molar-refractivity contribution is 9.11. The van der Waals surface area contributed by atoms with E-state index in [-0.39, 0.29) is 11.8 Å². The fraction of sp³-hybridized carbons (Fsp3) is 0.700. The quantitative estimate of drug-likeness (QED) is 0.733. The molecule has 1 unspecified atom stereocenters. The van der Waals surface area contributed by atoms with E-state index in [2.05, 4.69) is 28.9 Å². The molecule has 1 rings (SSSR count). The lowest BCUT2D eigenvalue weighted by atomic mass is 10.1. The van der Waals surface area contributed by atoms with Gasteiger partial charge in [-0.3, -0.25) is 4.79 Å². The fourth-order valence-corrected chi connectivity index (χ4v) is 1.91. The van der Waals surface area contributed by atoms with Gasteiger partial charge >= 0.3 is 0 Å². The second kappa shape index (κ2) is 4.80. The van der Waals surface area contributed by atoms with E-state index in [0.29, 0.717) is 0 Å². The van der Waals surface area contributed by atoms with Gasteiger partial charge in [0.05, 0.1) is 6.54 Å². The summed E-state index contributed by atoms with van der Waals surface area (Å²) in [5.41, 5.74) is 0. The van der Waals surface area contributed by atoms with Crippen molar-refractivity contribution in [3.05, 3.63) is 10.6 Å². The predicted molar refractivity (Wildman–Crippen MR) is 57.7 cm³/mol. The van der Waals surface area contributed by atoms with Gasteiger partial charge in [0.1, 0.15) is 0 Å². The Bertz CT molecular complexity index is 225. The number of carbonyl (C=O) groups excluding carboxylic acids is 1. The molecule has 0 spiro atoms. The van der Waals surface area contributed by atoms with Crippen LogP contribution in [0.5, 0.6) is 0 Å². The van der Waals surface area contributed by atoms with Crippen LogP contribution in [0.2, 0.25) is 0 Å². The van der Waals surface area contributed by atoms with Crippen LogP contribution in [-0.4, -0.2) is 23.9 Å². The lowest BCUT2D eigenvalue weighted by Crippen LogP contribution is -2.38. The minimum absolute atomic E-state index is 0.165. The van der Waals surface area contributed by atoms with Crippen molar-refractivity contribution >= 4 is 21.8 Å². The van der Waals surface area contributed by atoms with Gasteiger partial charge in [-0.05, 0) is 12.8 Å². The van der Waals surface area contributed by atoms with E-state index < -0.39 is 0 Å². The molecule has 0 fully saturated rings. The first-order valence-corrected chi connectivity index (χ1v) is 5.57. The molecule has 0 aromatic rings. The van der Waals surface area contributed by atoms with E-state index in [1.165, 1.54) is 0 Å². The summed E-state index contributed by atoms with van der Waals surface area (Å²) in [6, 6.07) is 0. The number of carbonyl (C=O) groups is 1. The SMILES string of the molecule is CCC(C)C(=O)N1CCC=C(Br)C1. The number of rotatable bonds is 2. The Morgan fingerprint density at radius 1 is 1.77 bits per heavy atom. The average Bonchev–Trinajstić information content (AvgIpc) is 2.15. The van der Waals surface area contributed by atoms with Gasteiger partial charge in [-0.2, -0.15) is 0 Å². The summed E-state index contributed by atoms with van der Waals surface area (Å²) >= 11 is 3.44. The molecular formula is C10H16BrNO. The van der Waals surface area contributed by atoms with Crippen molar-refractivity contribution < 1.29 is 4.79 Å². The van der Waals surface area contributed by atoms with Crippen LogP contribution in [-0.2, 0) is 4.79 Å². The molecule has 0 aliphatic carbocycles. The highest BCUT2D eigenvalue weighted by Gasteiger charge is 2.20. The van der Waals surface area contributed by atoms with Crippen LogP contribution in [0.3, 0.4) is 0 Å². The lowest BCUT2D eigenvalue weighted by Gasteiger charge is -2.27. The Morgan fingerprint density at radius 3 is 3.00 bits per heavy atom. The van der Waals surface area contributed by atoms with E-state index >= 15 is 0 Å². The van der Waals surface area contributed by atoms with Crippen molar-refractivity contribution in [3.8, 4) is 0 Å². The Morgan fingerprint density at radius 2 is 2.46 bits per heavy atom. The van der Waals surface area contributed by atoms with E-state index in [0.717, 1.165) is 30.4 Å². The maximum atomic E-state index is 11.8. The summed E-state index contributed by atoms with van der Waals surface area (Å²) in [6.07, 6.45) is 4.04. The molecule has 1 aliphatic heterocycles. The zero-order valence-corrected chi connectivity index (χ0v) is 9.80. The van der Waals surface area contributed by atoms with Crippen LogP contribution in [0.15, 0.2) is 10.6 Å². The molecule has 0 bridgehead atoms. The number of hydrogen-bond donors (Lipinski definition) is 0. The third-order valence-corrected chi connectivity index (χ3v) is 3.03. The van der Waals surface area contributed by atoms with Gasteiger partial charge in [-0.25, -0.2) is 0 Å². The first-order chi connectivity index (χ1) is 6.15. The van der Waals surface area contributed by atoms with Crippen LogP contribution in [0, 0.1) is 5.92 Å². The second-order valence-corrected chi connectivity index (χ2v) is 4.53. The molecule has 1 atom stereocenters. The van der Waals surface area contributed by atoms with Crippen LogP contribution < -0.4 is 0 Å². The molecule has 1 aliphatic rings. The maximum absolute atomic E-state index is 11.8. The molecule has 13 heavy (non-hydrogen) atoms. The number of hydrogen-bond acceptors (Lipinski definition) is 1. The highest BCUT2D eigenvalue weighted by atomic mass is 79.9. The van der Waals surface area contributed by atoms with Crippen molar-refractivity contribution in [3.63, 3.8) is 0 Å². The van der Waals surface area contributed by atoms with Gasteiger partial charge < -0.3 is 4.90 Å². The van der Waals surface area contributed by atoms with Crippen LogP contribution in [0.25, 0.3) is 0 Å². The van der Waals surface area contributed by atoms with E-state index in [1.54, 1.807) is 0 Å². The smallest absolute Gasteiger partial charge is 0.225 e.